The van der Waals surface area contributed by atoms with Gasteiger partial charge in [0.2, 0.25) is 0 Å². The summed E-state index contributed by atoms with van der Waals surface area (Å²) in [5.41, 5.74) is 0. The Morgan fingerprint density at radius 2 is 1.84 bits per heavy atom. The van der Waals surface area contributed by atoms with E-state index < -0.39 is 0 Å². The minimum atomic E-state index is 0.585. The zero-order valence-electron chi connectivity index (χ0n) is 12.0. The number of thioether (sulfide) groups is 1. The first-order valence-electron chi connectivity index (χ1n) is 7.03. The molecule has 0 aliphatic rings. The lowest BCUT2D eigenvalue weighted by molar-refractivity contribution is 0.420. The predicted molar refractivity (Wildman–Crippen MR) is 87.0 cm³/mol. The lowest BCUT2D eigenvalue weighted by Gasteiger charge is -2.22. The van der Waals surface area contributed by atoms with Gasteiger partial charge in [0.1, 0.15) is 0 Å². The van der Waals surface area contributed by atoms with Gasteiger partial charge in [0.15, 0.2) is 0 Å². The Kier molecular flexibility index (Phi) is 5.29. The van der Waals surface area contributed by atoms with Gasteiger partial charge in [0.05, 0.1) is 0 Å². The summed E-state index contributed by atoms with van der Waals surface area (Å²) in [6, 6.07) is 15.9. The minimum absolute atomic E-state index is 0.585. The van der Waals surface area contributed by atoms with Gasteiger partial charge in [0, 0.05) is 16.7 Å². The van der Waals surface area contributed by atoms with E-state index in [1.807, 2.05) is 11.8 Å². The van der Waals surface area contributed by atoms with Crippen LogP contribution in [0.25, 0.3) is 10.8 Å². The van der Waals surface area contributed by atoms with Crippen LogP contribution in [0.15, 0.2) is 47.4 Å². The van der Waals surface area contributed by atoms with Gasteiger partial charge in [-0.05, 0) is 35.9 Å². The van der Waals surface area contributed by atoms with E-state index in [4.69, 9.17) is 0 Å². The van der Waals surface area contributed by atoms with E-state index in [2.05, 4.69) is 68.7 Å². The van der Waals surface area contributed by atoms with Crippen molar-refractivity contribution in [3.8, 4) is 0 Å². The summed E-state index contributed by atoms with van der Waals surface area (Å²) in [4.78, 5) is 1.36. The fourth-order valence-corrected chi connectivity index (χ4v) is 3.50. The van der Waals surface area contributed by atoms with Crippen LogP contribution in [0.5, 0.6) is 0 Å². The van der Waals surface area contributed by atoms with Crippen molar-refractivity contribution in [2.24, 2.45) is 5.92 Å². The van der Waals surface area contributed by atoms with Gasteiger partial charge in [-0.25, -0.2) is 0 Å². The van der Waals surface area contributed by atoms with Gasteiger partial charge in [-0.15, -0.1) is 11.8 Å². The fourth-order valence-electron chi connectivity index (χ4n) is 2.26. The standard InChI is InChI=1S/C17H23NS/c1-4-13(2)17(18-3)12-19-16-10-9-14-7-5-6-8-15(14)11-16/h5-11,13,17-18H,4,12H2,1-3H3. The van der Waals surface area contributed by atoms with Crippen LogP contribution in [0.2, 0.25) is 0 Å². The van der Waals surface area contributed by atoms with Gasteiger partial charge in [-0.2, -0.15) is 0 Å². The normalized spacial score (nSPS) is 14.5. The quantitative estimate of drug-likeness (QED) is 0.774. The van der Waals surface area contributed by atoms with Crippen molar-refractivity contribution in [3.05, 3.63) is 42.5 Å². The molecule has 0 fully saturated rings. The summed E-state index contributed by atoms with van der Waals surface area (Å²) in [5, 5.41) is 6.09. The Balaban J connectivity index is 2.04. The van der Waals surface area contributed by atoms with Gasteiger partial charge >= 0.3 is 0 Å². The van der Waals surface area contributed by atoms with Crippen LogP contribution in [0.3, 0.4) is 0 Å². The highest BCUT2D eigenvalue weighted by Crippen LogP contribution is 2.25. The second-order valence-electron chi connectivity index (χ2n) is 5.10. The molecular weight excluding hydrogens is 250 g/mol. The Bertz CT molecular complexity index is 523. The van der Waals surface area contributed by atoms with Crippen molar-refractivity contribution in [1.29, 1.82) is 0 Å². The Labute approximate surface area is 120 Å². The third-order valence-electron chi connectivity index (χ3n) is 3.85. The Morgan fingerprint density at radius 3 is 2.53 bits per heavy atom. The number of fused-ring (bicyclic) bond motifs is 1. The van der Waals surface area contributed by atoms with E-state index in [1.54, 1.807) is 0 Å². The van der Waals surface area contributed by atoms with E-state index >= 15 is 0 Å². The van der Waals surface area contributed by atoms with E-state index in [0.717, 1.165) is 11.7 Å². The summed E-state index contributed by atoms with van der Waals surface area (Å²) in [6.45, 7) is 4.58. The van der Waals surface area contributed by atoms with Crippen LogP contribution in [0.1, 0.15) is 20.3 Å². The predicted octanol–water partition coefficient (Wildman–Crippen LogP) is 4.57. The summed E-state index contributed by atoms with van der Waals surface area (Å²) < 4.78 is 0. The maximum atomic E-state index is 3.44. The highest BCUT2D eigenvalue weighted by molar-refractivity contribution is 7.99. The molecule has 0 aliphatic carbocycles. The molecule has 2 aromatic carbocycles. The van der Waals surface area contributed by atoms with Gasteiger partial charge in [-0.1, -0.05) is 50.6 Å². The molecule has 2 heteroatoms. The maximum Gasteiger partial charge on any atom is 0.0184 e. The van der Waals surface area contributed by atoms with E-state index in [0.29, 0.717) is 6.04 Å². The number of hydrogen-bond acceptors (Lipinski definition) is 2. The highest BCUT2D eigenvalue weighted by Gasteiger charge is 2.13. The zero-order chi connectivity index (χ0) is 13.7. The number of nitrogens with one attached hydrogen (secondary N) is 1. The van der Waals surface area contributed by atoms with Gasteiger partial charge < -0.3 is 5.32 Å². The average molecular weight is 273 g/mol. The fraction of sp³-hybridized carbons (Fsp3) is 0.412. The van der Waals surface area contributed by atoms with Crippen LogP contribution in [-0.2, 0) is 0 Å². The van der Waals surface area contributed by atoms with Crippen LogP contribution in [0.4, 0.5) is 0 Å². The Morgan fingerprint density at radius 1 is 1.11 bits per heavy atom. The molecule has 1 nitrogen and oxygen atoms in total. The van der Waals surface area contributed by atoms with Crippen LogP contribution >= 0.6 is 11.8 Å². The molecule has 0 aliphatic heterocycles. The molecule has 0 amide bonds. The Hall–Kier alpha value is -0.990. The second kappa shape index (κ2) is 6.97. The monoisotopic (exact) mass is 273 g/mol. The molecule has 2 rings (SSSR count). The summed E-state index contributed by atoms with van der Waals surface area (Å²) in [5.74, 6) is 1.85. The van der Waals surface area contributed by atoms with Crippen LogP contribution in [0, 0.1) is 5.92 Å². The lowest BCUT2D eigenvalue weighted by atomic mass is 10.0. The molecule has 0 heterocycles. The molecule has 0 saturated heterocycles. The number of benzene rings is 2. The molecule has 0 saturated carbocycles. The zero-order valence-corrected chi connectivity index (χ0v) is 12.8. The summed E-state index contributed by atoms with van der Waals surface area (Å²) >= 11 is 1.95. The van der Waals surface area contributed by atoms with Crippen molar-refractivity contribution in [1.82, 2.24) is 5.32 Å². The van der Waals surface area contributed by atoms with Crippen molar-refractivity contribution in [2.45, 2.75) is 31.2 Å². The first kappa shape index (κ1) is 14.4. The van der Waals surface area contributed by atoms with E-state index in [9.17, 15) is 0 Å². The third-order valence-corrected chi connectivity index (χ3v) is 4.97. The van der Waals surface area contributed by atoms with Crippen molar-refractivity contribution in [2.75, 3.05) is 12.8 Å². The highest BCUT2D eigenvalue weighted by atomic mass is 32.2. The lowest BCUT2D eigenvalue weighted by Crippen LogP contribution is -2.34. The van der Waals surface area contributed by atoms with Crippen molar-refractivity contribution in [3.63, 3.8) is 0 Å². The molecule has 1 N–H and O–H groups in total. The number of hydrogen-bond donors (Lipinski definition) is 1. The molecule has 0 bridgehead atoms. The molecule has 2 atom stereocenters. The summed E-state index contributed by atoms with van der Waals surface area (Å²) in [6.07, 6.45) is 1.23. The third kappa shape index (κ3) is 3.74. The molecule has 0 radical (unpaired) electrons. The van der Waals surface area contributed by atoms with E-state index in [1.165, 1.54) is 22.1 Å². The molecule has 2 unspecified atom stereocenters. The SMILES string of the molecule is CCC(C)C(CSc1ccc2ccccc2c1)NC. The number of rotatable bonds is 6. The van der Waals surface area contributed by atoms with Crippen LogP contribution in [-0.4, -0.2) is 18.8 Å². The molecular formula is C17H23NS. The van der Waals surface area contributed by atoms with Crippen LogP contribution < -0.4 is 5.32 Å². The van der Waals surface area contributed by atoms with Gasteiger partial charge in [0.25, 0.3) is 0 Å². The van der Waals surface area contributed by atoms with Gasteiger partial charge in [-0.3, -0.25) is 0 Å². The average Bonchev–Trinajstić information content (AvgIpc) is 2.47. The topological polar surface area (TPSA) is 12.0 Å². The molecule has 2 aromatic rings. The molecule has 19 heavy (non-hydrogen) atoms. The molecule has 0 spiro atoms. The first-order chi connectivity index (χ1) is 9.24. The molecule has 0 aromatic heterocycles. The minimum Gasteiger partial charge on any atom is -0.316 e. The smallest absolute Gasteiger partial charge is 0.0184 e. The van der Waals surface area contributed by atoms with E-state index in [-0.39, 0.29) is 0 Å². The molecule has 102 valence electrons. The van der Waals surface area contributed by atoms with Crippen molar-refractivity contribution >= 4 is 22.5 Å². The largest absolute Gasteiger partial charge is 0.316 e. The van der Waals surface area contributed by atoms with Crippen molar-refractivity contribution < 1.29 is 0 Å². The first-order valence-corrected chi connectivity index (χ1v) is 8.02. The maximum absolute atomic E-state index is 3.44. The summed E-state index contributed by atoms with van der Waals surface area (Å²) in [7, 11) is 2.07. The second-order valence-corrected chi connectivity index (χ2v) is 6.19.